The fraction of sp³-hybridized carbons (Fsp3) is 0.889. The maximum absolute atomic E-state index is 12.5. The van der Waals surface area contributed by atoms with Crippen LogP contribution in [0.2, 0.25) is 0 Å². The molecule has 88 valence electrons. The van der Waals surface area contributed by atoms with E-state index < -0.39 is 24.4 Å². The number of hydrogen-bond acceptors (Lipinski definition) is 2. The van der Waals surface area contributed by atoms with Crippen LogP contribution in [-0.2, 0) is 9.53 Å². The number of carbonyl (C=O) groups excluding carboxylic acids is 1. The second-order valence-corrected chi connectivity index (χ2v) is 3.60. The summed E-state index contributed by atoms with van der Waals surface area (Å²) in [4.78, 5) is 10.7. The molecule has 2 nitrogen and oxygen atoms in total. The Morgan fingerprint density at radius 3 is 2.20 bits per heavy atom. The van der Waals surface area contributed by atoms with E-state index in [0.29, 0.717) is 12.8 Å². The van der Waals surface area contributed by atoms with E-state index in [-0.39, 0.29) is 0 Å². The van der Waals surface area contributed by atoms with Crippen LogP contribution in [0.5, 0.6) is 0 Å². The summed E-state index contributed by atoms with van der Waals surface area (Å²) >= 11 is 0. The molecule has 1 fully saturated rings. The Morgan fingerprint density at radius 1 is 1.20 bits per heavy atom. The van der Waals surface area contributed by atoms with Crippen molar-refractivity contribution in [1.29, 1.82) is 0 Å². The van der Waals surface area contributed by atoms with Crippen LogP contribution in [0.1, 0.15) is 32.1 Å². The van der Waals surface area contributed by atoms with Crippen LogP contribution in [-0.4, -0.2) is 24.4 Å². The Morgan fingerprint density at radius 2 is 1.73 bits per heavy atom. The largest absolute Gasteiger partial charge is 0.460 e. The topological polar surface area (TPSA) is 26.3 Å². The van der Waals surface area contributed by atoms with Gasteiger partial charge in [0.25, 0.3) is 6.17 Å². The van der Waals surface area contributed by atoms with E-state index in [1.807, 2.05) is 0 Å². The first kappa shape index (κ1) is 12.3. The fourth-order valence-electron chi connectivity index (χ4n) is 1.54. The van der Waals surface area contributed by atoms with Gasteiger partial charge in [0, 0.05) is 0 Å². The van der Waals surface area contributed by atoms with Crippen molar-refractivity contribution in [2.24, 2.45) is 0 Å². The molecular formula is C9H12F4O2. The summed E-state index contributed by atoms with van der Waals surface area (Å²) in [6.07, 6.45) is -5.58. The molecule has 1 rings (SSSR count). The summed E-state index contributed by atoms with van der Waals surface area (Å²) in [7, 11) is 0. The van der Waals surface area contributed by atoms with Crippen LogP contribution in [0.25, 0.3) is 0 Å². The number of carbonyl (C=O) groups is 1. The maximum atomic E-state index is 12.5. The molecule has 1 aliphatic rings. The van der Waals surface area contributed by atoms with Crippen LogP contribution in [0.15, 0.2) is 0 Å². The minimum atomic E-state index is -5.16. The molecule has 0 spiro atoms. The van der Waals surface area contributed by atoms with E-state index in [1.54, 1.807) is 0 Å². The maximum Gasteiger partial charge on any atom is 0.430 e. The third kappa shape index (κ3) is 3.68. The summed E-state index contributed by atoms with van der Waals surface area (Å²) in [5, 5.41) is 0. The third-order valence-corrected chi connectivity index (χ3v) is 2.33. The summed E-state index contributed by atoms with van der Waals surface area (Å²) in [5.41, 5.74) is 0. The number of esters is 1. The highest BCUT2D eigenvalue weighted by Crippen LogP contribution is 2.26. The van der Waals surface area contributed by atoms with E-state index in [2.05, 4.69) is 4.74 Å². The summed E-state index contributed by atoms with van der Waals surface area (Å²) in [5.74, 6) is -1.81. The molecule has 1 unspecified atom stereocenters. The van der Waals surface area contributed by atoms with Gasteiger partial charge < -0.3 is 4.74 Å². The van der Waals surface area contributed by atoms with Crippen molar-refractivity contribution in [3.05, 3.63) is 0 Å². The highest BCUT2D eigenvalue weighted by atomic mass is 19.4. The molecule has 0 aromatic rings. The lowest BCUT2D eigenvalue weighted by Gasteiger charge is -2.23. The lowest BCUT2D eigenvalue weighted by atomic mass is 9.98. The standard InChI is InChI=1S/C9H12F4O2/c10-7(9(11,12)13)8(14)15-6-4-2-1-3-5-6/h6-7H,1-5H2. The molecule has 0 bridgehead atoms. The minimum absolute atomic E-state index is 0.524. The van der Waals surface area contributed by atoms with E-state index in [4.69, 9.17) is 0 Å². The van der Waals surface area contributed by atoms with Crippen molar-refractivity contribution in [1.82, 2.24) is 0 Å². The Kier molecular flexibility index (Phi) is 3.93. The first-order valence-corrected chi connectivity index (χ1v) is 4.82. The van der Waals surface area contributed by atoms with Crippen molar-refractivity contribution in [2.75, 3.05) is 0 Å². The normalized spacial score (nSPS) is 21.1. The average molecular weight is 228 g/mol. The van der Waals surface area contributed by atoms with Gasteiger partial charge >= 0.3 is 12.1 Å². The van der Waals surface area contributed by atoms with Crippen LogP contribution >= 0.6 is 0 Å². The van der Waals surface area contributed by atoms with Crippen molar-refractivity contribution >= 4 is 5.97 Å². The highest BCUT2D eigenvalue weighted by molar-refractivity contribution is 5.75. The lowest BCUT2D eigenvalue weighted by Crippen LogP contribution is -2.36. The summed E-state index contributed by atoms with van der Waals surface area (Å²) in [6.45, 7) is 0. The number of ether oxygens (including phenoxy) is 1. The second-order valence-electron chi connectivity index (χ2n) is 3.60. The van der Waals surface area contributed by atoms with Gasteiger partial charge in [-0.05, 0) is 25.7 Å². The van der Waals surface area contributed by atoms with Gasteiger partial charge in [0.05, 0.1) is 0 Å². The van der Waals surface area contributed by atoms with Crippen molar-refractivity contribution in [2.45, 2.75) is 50.6 Å². The Labute approximate surface area is 84.6 Å². The van der Waals surface area contributed by atoms with Gasteiger partial charge in [0.1, 0.15) is 6.10 Å². The van der Waals surface area contributed by atoms with E-state index in [9.17, 15) is 22.4 Å². The first-order chi connectivity index (χ1) is 6.91. The molecule has 0 heterocycles. The highest BCUT2D eigenvalue weighted by Gasteiger charge is 2.47. The Bertz CT molecular complexity index is 221. The second kappa shape index (κ2) is 4.81. The smallest absolute Gasteiger partial charge is 0.430 e. The molecule has 0 aromatic heterocycles. The molecule has 0 N–H and O–H groups in total. The molecule has 0 saturated heterocycles. The molecular weight excluding hydrogens is 216 g/mol. The number of rotatable bonds is 2. The first-order valence-electron chi connectivity index (χ1n) is 4.82. The number of halogens is 4. The number of alkyl halides is 4. The Hall–Kier alpha value is -0.810. The van der Waals surface area contributed by atoms with Crippen LogP contribution in [0.4, 0.5) is 17.6 Å². The third-order valence-electron chi connectivity index (χ3n) is 2.33. The predicted octanol–water partition coefficient (Wildman–Crippen LogP) is 2.76. The number of hydrogen-bond donors (Lipinski definition) is 0. The van der Waals surface area contributed by atoms with Gasteiger partial charge in [0.2, 0.25) is 0 Å². The van der Waals surface area contributed by atoms with E-state index in [0.717, 1.165) is 19.3 Å². The molecule has 0 radical (unpaired) electrons. The molecule has 15 heavy (non-hydrogen) atoms. The van der Waals surface area contributed by atoms with Gasteiger partial charge in [-0.15, -0.1) is 0 Å². The van der Waals surface area contributed by atoms with Crippen molar-refractivity contribution in [3.8, 4) is 0 Å². The van der Waals surface area contributed by atoms with Crippen LogP contribution in [0.3, 0.4) is 0 Å². The van der Waals surface area contributed by atoms with E-state index >= 15 is 0 Å². The average Bonchev–Trinajstić information content (AvgIpc) is 2.16. The van der Waals surface area contributed by atoms with Crippen LogP contribution < -0.4 is 0 Å². The van der Waals surface area contributed by atoms with Gasteiger partial charge in [-0.3, -0.25) is 0 Å². The molecule has 1 saturated carbocycles. The molecule has 1 atom stereocenters. The van der Waals surface area contributed by atoms with Crippen molar-refractivity contribution < 1.29 is 27.1 Å². The summed E-state index contributed by atoms with van der Waals surface area (Å²) in [6, 6.07) is 0. The minimum Gasteiger partial charge on any atom is -0.460 e. The fourth-order valence-corrected chi connectivity index (χ4v) is 1.54. The van der Waals surface area contributed by atoms with Gasteiger partial charge in [-0.2, -0.15) is 13.2 Å². The quantitative estimate of drug-likeness (QED) is 0.536. The molecule has 0 amide bonds. The van der Waals surface area contributed by atoms with Gasteiger partial charge in [0.15, 0.2) is 0 Å². The SMILES string of the molecule is O=C(OC1CCCCC1)C(F)C(F)(F)F. The molecule has 6 heteroatoms. The summed E-state index contributed by atoms with van der Waals surface area (Å²) < 4.78 is 52.2. The van der Waals surface area contributed by atoms with Crippen molar-refractivity contribution in [3.63, 3.8) is 0 Å². The lowest BCUT2D eigenvalue weighted by molar-refractivity contribution is -0.205. The monoisotopic (exact) mass is 228 g/mol. The molecule has 0 aromatic carbocycles. The molecule has 0 aliphatic heterocycles. The zero-order valence-electron chi connectivity index (χ0n) is 8.02. The van der Waals surface area contributed by atoms with E-state index in [1.165, 1.54) is 0 Å². The van der Waals surface area contributed by atoms with Crippen LogP contribution in [0, 0.1) is 0 Å². The van der Waals surface area contributed by atoms with Gasteiger partial charge in [-0.1, -0.05) is 6.42 Å². The Balaban J connectivity index is 2.40. The zero-order chi connectivity index (χ0) is 11.5. The predicted molar refractivity (Wildman–Crippen MR) is 43.9 cm³/mol. The van der Waals surface area contributed by atoms with Gasteiger partial charge in [-0.25, -0.2) is 9.18 Å². The zero-order valence-corrected chi connectivity index (χ0v) is 8.02. The molecule has 1 aliphatic carbocycles.